The van der Waals surface area contributed by atoms with Gasteiger partial charge in [0, 0.05) is 28.1 Å². The van der Waals surface area contributed by atoms with Gasteiger partial charge in [-0.15, -0.1) is 0 Å². The largest absolute Gasteiger partial charge is 0.453 e. The van der Waals surface area contributed by atoms with E-state index < -0.39 is 17.4 Å². The molecule has 1 amide bonds. The number of hydrogen-bond donors (Lipinski definition) is 2. The van der Waals surface area contributed by atoms with Crippen molar-refractivity contribution in [3.63, 3.8) is 0 Å². The number of fused-ring (bicyclic) bond motifs is 1. The molecule has 0 spiro atoms. The van der Waals surface area contributed by atoms with E-state index in [9.17, 15) is 13.6 Å². The number of nitrogens with one attached hydrogen (secondary N) is 1. The highest BCUT2D eigenvalue weighted by Gasteiger charge is 2.26. The monoisotopic (exact) mass is 407 g/mol. The first kappa shape index (κ1) is 19.4. The lowest BCUT2D eigenvalue weighted by Crippen LogP contribution is -2.41. The summed E-state index contributed by atoms with van der Waals surface area (Å²) >= 11 is -0.457. The van der Waals surface area contributed by atoms with E-state index in [-0.39, 0.29) is 3.89 Å². The van der Waals surface area contributed by atoms with Crippen LogP contribution >= 0.6 is 11.8 Å². The van der Waals surface area contributed by atoms with Crippen molar-refractivity contribution in [3.8, 4) is 0 Å². The molecule has 2 aromatic heterocycles. The first-order chi connectivity index (χ1) is 12.8. The van der Waals surface area contributed by atoms with Crippen LogP contribution < -0.4 is 9.21 Å². The Hall–Kier alpha value is -2.40. The number of ether oxygens (including phenoxy) is 1. The molecule has 0 fully saturated rings. The molecule has 0 saturated heterocycles. The van der Waals surface area contributed by atoms with E-state index in [0.717, 1.165) is 15.5 Å². The number of carbonyl (C=O) groups is 1. The van der Waals surface area contributed by atoms with Crippen molar-refractivity contribution in [1.29, 1.82) is 0 Å². The fourth-order valence-electron chi connectivity index (χ4n) is 2.35. The number of carbonyl (C=O) groups excluding carboxylic acids is 1. The topological polar surface area (TPSA) is 92.9 Å². The predicted octanol–water partition coefficient (Wildman–Crippen LogP) is 3.37. The lowest BCUT2D eigenvalue weighted by atomic mass is 10.3. The standard InChI is InChI=1S/C17H18N4O4S2/c1-21(2,27(23)24)12-4-6-13(7-5-12)26-14-8-9-16-18-15(11-20(16)10-14)19-17(22)25-3/h4-11H,1-3H3,(H-,19,22,23,24)/p+1. The second kappa shape index (κ2) is 7.69. The van der Waals surface area contributed by atoms with Crippen LogP contribution in [0.15, 0.2) is 58.6 Å². The number of pyridine rings is 1. The summed E-state index contributed by atoms with van der Waals surface area (Å²) < 4.78 is 27.1. The summed E-state index contributed by atoms with van der Waals surface area (Å²) in [5, 5.41) is 2.53. The average molecular weight is 407 g/mol. The van der Waals surface area contributed by atoms with E-state index >= 15 is 0 Å². The van der Waals surface area contributed by atoms with Crippen LogP contribution in [0.3, 0.4) is 0 Å². The molecule has 1 aromatic carbocycles. The number of methoxy groups -OCH3 is 1. The summed E-state index contributed by atoms with van der Waals surface area (Å²) in [4.78, 5) is 17.6. The number of benzene rings is 1. The van der Waals surface area contributed by atoms with E-state index in [1.807, 2.05) is 47.0 Å². The minimum atomic E-state index is -2.01. The van der Waals surface area contributed by atoms with Gasteiger partial charge in [0.25, 0.3) is 0 Å². The maximum absolute atomic E-state index is 11.4. The first-order valence-electron chi connectivity index (χ1n) is 7.87. The Morgan fingerprint density at radius 3 is 2.48 bits per heavy atom. The number of amides is 1. The first-order valence-corrected chi connectivity index (χ1v) is 9.75. The summed E-state index contributed by atoms with van der Waals surface area (Å²) in [5.74, 6) is 0.408. The molecule has 0 saturated carbocycles. The SMILES string of the molecule is COC(=O)Nc1cn2cc(Sc3ccc([N+](C)(C)S(=O)O)cc3)ccc2n1. The lowest BCUT2D eigenvalue weighted by Gasteiger charge is -2.22. The van der Waals surface area contributed by atoms with Crippen LogP contribution in [0.2, 0.25) is 0 Å². The molecule has 0 aliphatic rings. The van der Waals surface area contributed by atoms with Crippen molar-refractivity contribution in [3.05, 3.63) is 48.8 Å². The third kappa shape index (κ3) is 4.30. The van der Waals surface area contributed by atoms with Gasteiger partial charge in [-0.05, 0) is 24.3 Å². The molecule has 2 heterocycles. The second-order valence-electron chi connectivity index (χ2n) is 6.05. The number of hydrogen-bond acceptors (Lipinski definition) is 5. The van der Waals surface area contributed by atoms with Crippen molar-refractivity contribution in [2.45, 2.75) is 9.79 Å². The van der Waals surface area contributed by atoms with Crippen LogP contribution in [0.5, 0.6) is 0 Å². The van der Waals surface area contributed by atoms with Gasteiger partial charge in [0.05, 0.1) is 27.4 Å². The van der Waals surface area contributed by atoms with Crippen LogP contribution in [0.1, 0.15) is 0 Å². The summed E-state index contributed by atoms with van der Waals surface area (Å²) in [7, 11) is 4.64. The minimum Gasteiger partial charge on any atom is -0.453 e. The van der Waals surface area contributed by atoms with E-state index in [4.69, 9.17) is 0 Å². The zero-order chi connectivity index (χ0) is 19.6. The molecule has 27 heavy (non-hydrogen) atoms. The average Bonchev–Trinajstić information content (AvgIpc) is 3.03. The predicted molar refractivity (Wildman–Crippen MR) is 106 cm³/mol. The second-order valence-corrected chi connectivity index (χ2v) is 8.57. The van der Waals surface area contributed by atoms with Crippen molar-refractivity contribution in [2.24, 2.45) is 0 Å². The molecule has 3 aromatic rings. The minimum absolute atomic E-state index is 0.123. The summed E-state index contributed by atoms with van der Waals surface area (Å²) in [6, 6.07) is 11.3. The highest BCUT2D eigenvalue weighted by Crippen LogP contribution is 2.31. The molecule has 3 rings (SSSR count). The van der Waals surface area contributed by atoms with E-state index in [1.54, 1.807) is 32.1 Å². The molecule has 1 unspecified atom stereocenters. The number of quaternary nitrogens is 1. The Bertz CT molecular complexity index is 1000. The molecule has 1 atom stereocenters. The number of anilines is 1. The highest BCUT2D eigenvalue weighted by atomic mass is 32.2. The molecule has 8 nitrogen and oxygen atoms in total. The summed E-state index contributed by atoms with van der Waals surface area (Å²) in [6.45, 7) is 0. The molecular weight excluding hydrogens is 388 g/mol. The van der Waals surface area contributed by atoms with Gasteiger partial charge in [0.1, 0.15) is 11.3 Å². The van der Waals surface area contributed by atoms with Crippen molar-refractivity contribution >= 4 is 46.3 Å². The fourth-order valence-corrected chi connectivity index (χ4v) is 3.50. The van der Waals surface area contributed by atoms with Crippen LogP contribution in [0.25, 0.3) is 5.65 Å². The summed E-state index contributed by atoms with van der Waals surface area (Å²) in [6.07, 6.45) is 3.04. The number of aromatic nitrogens is 2. The Balaban J connectivity index is 1.78. The van der Waals surface area contributed by atoms with Crippen molar-refractivity contribution < 1.29 is 18.3 Å². The number of imidazole rings is 1. The smallest absolute Gasteiger partial charge is 0.412 e. The van der Waals surface area contributed by atoms with Crippen LogP contribution in [-0.2, 0) is 16.0 Å². The van der Waals surface area contributed by atoms with Gasteiger partial charge < -0.3 is 9.14 Å². The van der Waals surface area contributed by atoms with Gasteiger partial charge in [-0.2, -0.15) is 8.10 Å². The normalized spacial score (nSPS) is 12.7. The maximum Gasteiger partial charge on any atom is 0.412 e. The van der Waals surface area contributed by atoms with Crippen LogP contribution in [-0.4, -0.2) is 45.4 Å². The van der Waals surface area contributed by atoms with Crippen LogP contribution in [0.4, 0.5) is 16.3 Å². The highest BCUT2D eigenvalue weighted by molar-refractivity contribution is 7.99. The molecule has 0 bridgehead atoms. The Kier molecular flexibility index (Phi) is 5.51. The van der Waals surface area contributed by atoms with E-state index in [1.165, 1.54) is 7.11 Å². The van der Waals surface area contributed by atoms with Gasteiger partial charge >= 0.3 is 17.4 Å². The van der Waals surface area contributed by atoms with Gasteiger partial charge in [-0.1, -0.05) is 11.8 Å². The van der Waals surface area contributed by atoms with Crippen molar-refractivity contribution in [2.75, 3.05) is 26.5 Å². The zero-order valence-corrected chi connectivity index (χ0v) is 16.6. The Morgan fingerprint density at radius 2 is 1.85 bits per heavy atom. The fraction of sp³-hybridized carbons (Fsp3) is 0.176. The van der Waals surface area contributed by atoms with E-state index in [2.05, 4.69) is 15.0 Å². The van der Waals surface area contributed by atoms with Gasteiger partial charge in [0.2, 0.25) is 0 Å². The van der Waals surface area contributed by atoms with Gasteiger partial charge in [0.15, 0.2) is 5.82 Å². The van der Waals surface area contributed by atoms with Gasteiger partial charge in [-0.3, -0.25) is 9.87 Å². The molecule has 142 valence electrons. The van der Waals surface area contributed by atoms with Crippen LogP contribution in [0, 0.1) is 0 Å². The van der Waals surface area contributed by atoms with E-state index in [0.29, 0.717) is 11.5 Å². The Morgan fingerprint density at radius 1 is 1.19 bits per heavy atom. The van der Waals surface area contributed by atoms with Crippen molar-refractivity contribution in [1.82, 2.24) is 13.3 Å². The third-order valence-electron chi connectivity index (χ3n) is 3.92. The summed E-state index contributed by atoms with van der Waals surface area (Å²) in [5.41, 5.74) is 1.44. The van der Waals surface area contributed by atoms with Gasteiger partial charge in [-0.25, -0.2) is 9.78 Å². The molecule has 2 N–H and O–H groups in total. The maximum atomic E-state index is 11.4. The number of rotatable bonds is 5. The molecule has 0 aliphatic carbocycles. The Labute approximate surface area is 163 Å². The lowest BCUT2D eigenvalue weighted by molar-refractivity contribution is 0.187. The molecule has 10 heteroatoms. The molecule has 0 radical (unpaired) electrons. The molecular formula is C17H19N4O4S2+. The quantitative estimate of drug-likeness (QED) is 0.498. The zero-order valence-electron chi connectivity index (χ0n) is 14.9. The number of nitrogens with zero attached hydrogens (tertiary/aromatic N) is 3. The molecule has 0 aliphatic heterocycles. The third-order valence-corrected chi connectivity index (χ3v) is 5.90.